The van der Waals surface area contributed by atoms with Crippen molar-refractivity contribution in [2.75, 3.05) is 0 Å². The van der Waals surface area contributed by atoms with Crippen LogP contribution >= 0.6 is 11.3 Å². The van der Waals surface area contributed by atoms with Crippen LogP contribution in [0.15, 0.2) is 6.20 Å². The van der Waals surface area contributed by atoms with Crippen molar-refractivity contribution in [3.8, 4) is 6.19 Å². The SMILES string of the molecule is CC(C)(C)C1CCc2c(sc3nc(C(=O)NC#N)cn23)C1. The Bertz CT molecular complexity index is 744. The minimum atomic E-state index is -0.439. The first-order valence-electron chi connectivity index (χ1n) is 7.09. The molecule has 0 aliphatic heterocycles. The van der Waals surface area contributed by atoms with E-state index in [2.05, 4.69) is 31.1 Å². The summed E-state index contributed by atoms with van der Waals surface area (Å²) in [5, 5.41) is 10.6. The second-order valence-electron chi connectivity index (χ2n) is 6.62. The molecule has 0 spiro atoms. The van der Waals surface area contributed by atoms with Crippen LogP contribution in [0.5, 0.6) is 0 Å². The van der Waals surface area contributed by atoms with Gasteiger partial charge >= 0.3 is 0 Å². The van der Waals surface area contributed by atoms with E-state index >= 15 is 0 Å². The molecular formula is C15H18N4OS. The number of hydrogen-bond acceptors (Lipinski definition) is 4. The highest BCUT2D eigenvalue weighted by atomic mass is 32.1. The van der Waals surface area contributed by atoms with Crippen molar-refractivity contribution in [3.63, 3.8) is 0 Å². The number of thiazole rings is 1. The third-order valence-corrected chi connectivity index (χ3v) is 5.41. The van der Waals surface area contributed by atoms with Crippen LogP contribution in [-0.4, -0.2) is 15.3 Å². The highest BCUT2D eigenvalue weighted by molar-refractivity contribution is 7.17. The lowest BCUT2D eigenvalue weighted by atomic mass is 9.73. The van der Waals surface area contributed by atoms with Crippen molar-refractivity contribution >= 4 is 22.2 Å². The van der Waals surface area contributed by atoms with Gasteiger partial charge < -0.3 is 0 Å². The molecule has 1 N–H and O–H groups in total. The van der Waals surface area contributed by atoms with Gasteiger partial charge in [0.1, 0.15) is 5.69 Å². The molecule has 21 heavy (non-hydrogen) atoms. The molecule has 3 rings (SSSR count). The topological polar surface area (TPSA) is 70.2 Å². The summed E-state index contributed by atoms with van der Waals surface area (Å²) in [5.74, 6) is 0.250. The first-order chi connectivity index (χ1) is 9.90. The Balaban J connectivity index is 1.94. The summed E-state index contributed by atoms with van der Waals surface area (Å²) in [5.41, 5.74) is 1.91. The summed E-state index contributed by atoms with van der Waals surface area (Å²) in [4.78, 5) is 18.2. The van der Waals surface area contributed by atoms with E-state index in [9.17, 15) is 4.79 Å². The van der Waals surface area contributed by atoms with Crippen molar-refractivity contribution in [3.05, 3.63) is 22.5 Å². The van der Waals surface area contributed by atoms with Crippen molar-refractivity contribution < 1.29 is 4.79 Å². The highest BCUT2D eigenvalue weighted by Crippen LogP contribution is 2.40. The van der Waals surface area contributed by atoms with Gasteiger partial charge in [-0.15, -0.1) is 11.3 Å². The molecular weight excluding hydrogens is 284 g/mol. The summed E-state index contributed by atoms with van der Waals surface area (Å²) in [6.45, 7) is 6.89. The number of nitriles is 1. The Labute approximate surface area is 127 Å². The molecule has 0 radical (unpaired) electrons. The fourth-order valence-electron chi connectivity index (χ4n) is 2.95. The van der Waals surface area contributed by atoms with Crippen molar-refractivity contribution in [2.24, 2.45) is 11.3 Å². The Morgan fingerprint density at radius 2 is 2.33 bits per heavy atom. The number of amides is 1. The minimum Gasteiger partial charge on any atom is -0.294 e. The predicted molar refractivity (Wildman–Crippen MR) is 81.1 cm³/mol. The molecule has 1 aliphatic rings. The summed E-state index contributed by atoms with van der Waals surface area (Å²) in [7, 11) is 0. The standard InChI is InChI=1S/C15H18N4OS/c1-15(2,3)9-4-5-11-12(6-9)21-14-18-10(7-19(11)14)13(20)17-8-16/h7,9H,4-6H2,1-3H3,(H,17,20). The van der Waals surface area contributed by atoms with Gasteiger partial charge in [-0.2, -0.15) is 5.26 Å². The maximum absolute atomic E-state index is 11.7. The molecule has 2 heterocycles. The number of fused-ring (bicyclic) bond motifs is 3. The number of nitrogens with zero attached hydrogens (tertiary/aromatic N) is 3. The maximum Gasteiger partial charge on any atom is 0.284 e. The molecule has 0 saturated carbocycles. The van der Waals surface area contributed by atoms with Gasteiger partial charge in [0.15, 0.2) is 11.2 Å². The number of hydrogen-bond donors (Lipinski definition) is 1. The number of imidazole rings is 1. The number of rotatable bonds is 1. The van der Waals surface area contributed by atoms with E-state index in [0.29, 0.717) is 17.0 Å². The van der Waals surface area contributed by atoms with Crippen molar-refractivity contribution in [1.82, 2.24) is 14.7 Å². The lowest BCUT2D eigenvalue weighted by molar-refractivity contribution is 0.0968. The fraction of sp³-hybridized carbons (Fsp3) is 0.533. The molecule has 0 aromatic carbocycles. The molecule has 1 unspecified atom stereocenters. The molecule has 6 heteroatoms. The third-order valence-electron chi connectivity index (χ3n) is 4.29. The van der Waals surface area contributed by atoms with E-state index in [-0.39, 0.29) is 0 Å². The van der Waals surface area contributed by atoms with Crippen LogP contribution in [0.3, 0.4) is 0 Å². The van der Waals surface area contributed by atoms with E-state index in [1.165, 1.54) is 17.0 Å². The molecule has 2 aromatic rings. The van der Waals surface area contributed by atoms with Crippen LogP contribution in [0.1, 0.15) is 48.3 Å². The molecule has 0 fully saturated rings. The smallest absolute Gasteiger partial charge is 0.284 e. The molecule has 0 saturated heterocycles. The largest absolute Gasteiger partial charge is 0.294 e. The summed E-state index contributed by atoms with van der Waals surface area (Å²) in [6, 6.07) is 0. The quantitative estimate of drug-likeness (QED) is 0.650. The predicted octanol–water partition coefficient (Wildman–Crippen LogP) is 2.76. The number of carbonyl (C=O) groups is 1. The highest BCUT2D eigenvalue weighted by Gasteiger charge is 2.31. The number of carbonyl (C=O) groups excluding carboxylic acids is 1. The van der Waals surface area contributed by atoms with E-state index in [0.717, 1.165) is 17.8 Å². The van der Waals surface area contributed by atoms with Crippen LogP contribution in [0.2, 0.25) is 0 Å². The maximum atomic E-state index is 11.7. The van der Waals surface area contributed by atoms with Gasteiger partial charge in [0.25, 0.3) is 5.91 Å². The van der Waals surface area contributed by atoms with Gasteiger partial charge in [-0.1, -0.05) is 20.8 Å². The lowest BCUT2D eigenvalue weighted by Gasteiger charge is -2.33. The molecule has 1 aliphatic carbocycles. The monoisotopic (exact) mass is 302 g/mol. The van der Waals surface area contributed by atoms with E-state index in [1.54, 1.807) is 23.7 Å². The summed E-state index contributed by atoms with van der Waals surface area (Å²) >= 11 is 1.66. The fourth-order valence-corrected chi connectivity index (χ4v) is 4.18. The zero-order chi connectivity index (χ0) is 15.2. The van der Waals surface area contributed by atoms with E-state index < -0.39 is 5.91 Å². The van der Waals surface area contributed by atoms with E-state index in [1.807, 2.05) is 4.40 Å². The van der Waals surface area contributed by atoms with Crippen molar-refractivity contribution in [1.29, 1.82) is 5.26 Å². The van der Waals surface area contributed by atoms with E-state index in [4.69, 9.17) is 5.26 Å². The van der Waals surface area contributed by atoms with Crippen LogP contribution in [0.25, 0.3) is 4.96 Å². The lowest BCUT2D eigenvalue weighted by Crippen LogP contribution is -2.26. The Morgan fingerprint density at radius 1 is 1.57 bits per heavy atom. The van der Waals surface area contributed by atoms with Crippen LogP contribution < -0.4 is 5.32 Å². The van der Waals surface area contributed by atoms with Gasteiger partial charge in [-0.3, -0.25) is 14.5 Å². The molecule has 1 atom stereocenters. The van der Waals surface area contributed by atoms with Crippen molar-refractivity contribution in [2.45, 2.75) is 40.0 Å². The first kappa shape index (κ1) is 14.1. The van der Waals surface area contributed by atoms with Crippen LogP contribution in [0.4, 0.5) is 0 Å². The second kappa shape index (κ2) is 4.85. The Hall–Kier alpha value is -1.87. The van der Waals surface area contributed by atoms with Gasteiger partial charge in [0, 0.05) is 16.8 Å². The average Bonchev–Trinajstić information content (AvgIpc) is 2.94. The molecule has 110 valence electrons. The zero-order valence-electron chi connectivity index (χ0n) is 12.4. The van der Waals surface area contributed by atoms with Gasteiger partial charge in [0.2, 0.25) is 0 Å². The summed E-state index contributed by atoms with van der Waals surface area (Å²) in [6.07, 6.45) is 6.66. The van der Waals surface area contributed by atoms with Gasteiger partial charge in [-0.05, 0) is 30.6 Å². The molecule has 0 bridgehead atoms. The van der Waals surface area contributed by atoms with Gasteiger partial charge in [-0.25, -0.2) is 4.98 Å². The average molecular weight is 302 g/mol. The number of nitrogens with one attached hydrogen (secondary N) is 1. The Kier molecular flexibility index (Phi) is 3.25. The number of aryl methyl sites for hydroxylation is 1. The molecule has 5 nitrogen and oxygen atoms in total. The number of aromatic nitrogens is 2. The zero-order valence-corrected chi connectivity index (χ0v) is 13.3. The molecule has 2 aromatic heterocycles. The normalized spacial score (nSPS) is 18.3. The second-order valence-corrected chi connectivity index (χ2v) is 7.68. The summed E-state index contributed by atoms with van der Waals surface area (Å²) < 4.78 is 2.02. The minimum absolute atomic E-state index is 0.309. The van der Waals surface area contributed by atoms with Crippen LogP contribution in [-0.2, 0) is 12.8 Å². The van der Waals surface area contributed by atoms with Crippen LogP contribution in [0, 0.1) is 22.8 Å². The van der Waals surface area contributed by atoms with Gasteiger partial charge in [0.05, 0.1) is 0 Å². The third kappa shape index (κ3) is 2.42. The Morgan fingerprint density at radius 3 is 3.00 bits per heavy atom. The first-order valence-corrected chi connectivity index (χ1v) is 7.91. The molecule has 1 amide bonds.